The van der Waals surface area contributed by atoms with E-state index in [1.165, 1.54) is 0 Å². The normalized spacial score (nSPS) is 11.0. The zero-order chi connectivity index (χ0) is 15.6. The maximum absolute atomic E-state index is 12.6. The highest BCUT2D eigenvalue weighted by molar-refractivity contribution is 5.55. The molecule has 0 aliphatic rings. The summed E-state index contributed by atoms with van der Waals surface area (Å²) in [6, 6.07) is 9.44. The molecular formula is C15H11F3N2O. The Morgan fingerprint density at radius 3 is 2.48 bits per heavy atom. The van der Waals surface area contributed by atoms with Crippen molar-refractivity contribution in [2.75, 3.05) is 5.73 Å². The molecule has 0 saturated carbocycles. The van der Waals surface area contributed by atoms with Crippen LogP contribution in [0.15, 0.2) is 36.4 Å². The minimum atomic E-state index is -4.50. The number of benzene rings is 2. The molecule has 0 aliphatic heterocycles. The van der Waals surface area contributed by atoms with E-state index in [1.807, 2.05) is 0 Å². The van der Waals surface area contributed by atoms with Gasteiger partial charge in [-0.25, -0.2) is 0 Å². The van der Waals surface area contributed by atoms with Gasteiger partial charge in [-0.05, 0) is 37.3 Å². The second kappa shape index (κ2) is 5.37. The maximum atomic E-state index is 12.6. The number of nitrogen functional groups attached to an aromatic ring is 1. The van der Waals surface area contributed by atoms with Crippen LogP contribution < -0.4 is 10.5 Å². The van der Waals surface area contributed by atoms with E-state index in [0.29, 0.717) is 17.0 Å². The summed E-state index contributed by atoms with van der Waals surface area (Å²) in [5, 5.41) is 8.99. The summed E-state index contributed by atoms with van der Waals surface area (Å²) in [6.07, 6.45) is -4.50. The van der Waals surface area contributed by atoms with E-state index in [0.717, 1.165) is 18.2 Å². The number of anilines is 1. The highest BCUT2D eigenvalue weighted by atomic mass is 19.4. The number of hydrogen-bond donors (Lipinski definition) is 1. The van der Waals surface area contributed by atoms with Gasteiger partial charge in [0.05, 0.1) is 11.1 Å². The van der Waals surface area contributed by atoms with Gasteiger partial charge in [-0.1, -0.05) is 6.07 Å². The van der Waals surface area contributed by atoms with Gasteiger partial charge in [-0.3, -0.25) is 0 Å². The number of nitrogens with zero attached hydrogens (tertiary/aromatic N) is 1. The number of halogens is 3. The summed E-state index contributed by atoms with van der Waals surface area (Å²) >= 11 is 0. The van der Waals surface area contributed by atoms with Gasteiger partial charge in [0.2, 0.25) is 0 Å². The molecule has 0 heterocycles. The lowest BCUT2D eigenvalue weighted by Crippen LogP contribution is -2.05. The van der Waals surface area contributed by atoms with E-state index in [-0.39, 0.29) is 11.3 Å². The van der Waals surface area contributed by atoms with Gasteiger partial charge in [0.1, 0.15) is 17.6 Å². The summed E-state index contributed by atoms with van der Waals surface area (Å²) < 4.78 is 43.3. The molecule has 0 unspecified atom stereocenters. The average molecular weight is 292 g/mol. The minimum absolute atomic E-state index is 0.0548. The van der Waals surface area contributed by atoms with Crippen LogP contribution >= 0.6 is 0 Å². The van der Waals surface area contributed by atoms with Crippen LogP contribution in [0, 0.1) is 18.3 Å². The van der Waals surface area contributed by atoms with Gasteiger partial charge in [-0.2, -0.15) is 18.4 Å². The Hall–Kier alpha value is -2.68. The van der Waals surface area contributed by atoms with Crippen LogP contribution in [0.1, 0.15) is 16.7 Å². The molecule has 0 atom stereocenters. The monoisotopic (exact) mass is 292 g/mol. The van der Waals surface area contributed by atoms with Crippen molar-refractivity contribution < 1.29 is 17.9 Å². The Morgan fingerprint density at radius 2 is 1.86 bits per heavy atom. The Kier molecular flexibility index (Phi) is 3.76. The third-order valence-corrected chi connectivity index (χ3v) is 2.97. The van der Waals surface area contributed by atoms with Gasteiger partial charge >= 0.3 is 6.18 Å². The SMILES string of the molecule is Cc1c(N)cccc1Oc1ccc(C(F)(F)F)cc1C#N. The lowest BCUT2D eigenvalue weighted by atomic mass is 10.1. The number of nitriles is 1. The third kappa shape index (κ3) is 3.08. The fourth-order valence-corrected chi connectivity index (χ4v) is 1.74. The van der Waals surface area contributed by atoms with E-state index < -0.39 is 11.7 Å². The summed E-state index contributed by atoms with van der Waals surface area (Å²) in [7, 11) is 0. The van der Waals surface area contributed by atoms with E-state index >= 15 is 0 Å². The van der Waals surface area contributed by atoms with E-state index in [4.69, 9.17) is 15.7 Å². The molecule has 0 amide bonds. The largest absolute Gasteiger partial charge is 0.456 e. The van der Waals surface area contributed by atoms with Crippen LogP contribution in [0.25, 0.3) is 0 Å². The standard InChI is InChI=1S/C15H11F3N2O/c1-9-12(20)3-2-4-13(9)21-14-6-5-11(15(16,17)18)7-10(14)8-19/h2-7H,20H2,1H3. The molecule has 0 radical (unpaired) electrons. The van der Waals surface area contributed by atoms with Crippen LogP contribution in [-0.4, -0.2) is 0 Å². The van der Waals surface area contributed by atoms with Gasteiger partial charge in [0.15, 0.2) is 0 Å². The third-order valence-electron chi connectivity index (χ3n) is 2.97. The average Bonchev–Trinajstić information content (AvgIpc) is 2.43. The van der Waals surface area contributed by atoms with Crippen LogP contribution in [0.2, 0.25) is 0 Å². The summed E-state index contributed by atoms with van der Waals surface area (Å²) in [6.45, 7) is 1.72. The molecule has 2 rings (SSSR count). The van der Waals surface area contributed by atoms with Crippen molar-refractivity contribution in [3.63, 3.8) is 0 Å². The van der Waals surface area contributed by atoms with E-state index in [2.05, 4.69) is 0 Å². The van der Waals surface area contributed by atoms with Crippen molar-refractivity contribution in [2.45, 2.75) is 13.1 Å². The highest BCUT2D eigenvalue weighted by Crippen LogP contribution is 2.35. The first-order chi connectivity index (χ1) is 9.82. The molecule has 2 aromatic rings. The number of rotatable bonds is 2. The van der Waals surface area contributed by atoms with Gasteiger partial charge < -0.3 is 10.5 Å². The molecule has 0 bridgehead atoms. The van der Waals surface area contributed by atoms with E-state index in [9.17, 15) is 13.2 Å². The Morgan fingerprint density at radius 1 is 1.14 bits per heavy atom. The first-order valence-electron chi connectivity index (χ1n) is 5.97. The lowest BCUT2D eigenvalue weighted by molar-refractivity contribution is -0.137. The molecule has 0 spiro atoms. The van der Waals surface area contributed by atoms with Crippen LogP contribution in [0.5, 0.6) is 11.5 Å². The lowest BCUT2D eigenvalue weighted by Gasteiger charge is -2.13. The van der Waals surface area contributed by atoms with Crippen molar-refractivity contribution in [1.82, 2.24) is 0 Å². The molecule has 0 fully saturated rings. The number of ether oxygens (including phenoxy) is 1. The molecule has 108 valence electrons. The minimum Gasteiger partial charge on any atom is -0.456 e. The molecule has 0 aliphatic carbocycles. The molecule has 2 aromatic carbocycles. The summed E-state index contributed by atoms with van der Waals surface area (Å²) in [4.78, 5) is 0. The second-order valence-electron chi connectivity index (χ2n) is 4.39. The second-order valence-corrected chi connectivity index (χ2v) is 4.39. The fourth-order valence-electron chi connectivity index (χ4n) is 1.74. The molecule has 0 saturated heterocycles. The first-order valence-corrected chi connectivity index (χ1v) is 5.97. The van der Waals surface area contributed by atoms with Crippen LogP contribution in [0.3, 0.4) is 0 Å². The predicted octanol–water partition coefficient (Wildman–Crippen LogP) is 4.26. The topological polar surface area (TPSA) is 59.0 Å². The van der Waals surface area contributed by atoms with E-state index in [1.54, 1.807) is 31.2 Å². The zero-order valence-corrected chi connectivity index (χ0v) is 11.0. The predicted molar refractivity (Wildman–Crippen MR) is 71.8 cm³/mol. The highest BCUT2D eigenvalue weighted by Gasteiger charge is 2.31. The van der Waals surface area contributed by atoms with Crippen LogP contribution in [0.4, 0.5) is 18.9 Å². The zero-order valence-electron chi connectivity index (χ0n) is 11.0. The number of nitrogens with two attached hydrogens (primary N) is 1. The molecule has 0 aromatic heterocycles. The van der Waals surface area contributed by atoms with Crippen molar-refractivity contribution in [3.8, 4) is 17.6 Å². The van der Waals surface area contributed by atoms with Gasteiger partial charge in [0, 0.05) is 11.3 Å². The molecule has 6 heteroatoms. The van der Waals surface area contributed by atoms with Crippen molar-refractivity contribution >= 4 is 5.69 Å². The Labute approximate surface area is 119 Å². The van der Waals surface area contributed by atoms with Crippen molar-refractivity contribution in [2.24, 2.45) is 0 Å². The molecular weight excluding hydrogens is 281 g/mol. The summed E-state index contributed by atoms with van der Waals surface area (Å²) in [5.41, 5.74) is 5.80. The molecule has 3 nitrogen and oxygen atoms in total. The first kappa shape index (κ1) is 14.7. The Balaban J connectivity index is 2.42. The smallest absolute Gasteiger partial charge is 0.416 e. The quantitative estimate of drug-likeness (QED) is 0.841. The molecule has 21 heavy (non-hydrogen) atoms. The maximum Gasteiger partial charge on any atom is 0.416 e. The van der Waals surface area contributed by atoms with Gasteiger partial charge in [-0.15, -0.1) is 0 Å². The van der Waals surface area contributed by atoms with Gasteiger partial charge in [0.25, 0.3) is 0 Å². The van der Waals surface area contributed by atoms with Crippen LogP contribution in [-0.2, 0) is 6.18 Å². The fraction of sp³-hybridized carbons (Fsp3) is 0.133. The number of alkyl halides is 3. The van der Waals surface area contributed by atoms with Crippen molar-refractivity contribution in [1.29, 1.82) is 5.26 Å². The Bertz CT molecular complexity index is 718. The summed E-state index contributed by atoms with van der Waals surface area (Å²) in [5.74, 6) is 0.449. The number of hydrogen-bond acceptors (Lipinski definition) is 3. The van der Waals surface area contributed by atoms with Crippen molar-refractivity contribution in [3.05, 3.63) is 53.1 Å². The molecule has 2 N–H and O–H groups in total.